The number of ketones is 1. The zero-order valence-corrected chi connectivity index (χ0v) is 16.5. The van der Waals surface area contributed by atoms with Crippen LogP contribution >= 0.6 is 0 Å². The largest absolute Gasteiger partial charge is 0.444 e. The third-order valence-electron chi connectivity index (χ3n) is 6.03. The van der Waals surface area contributed by atoms with Crippen molar-refractivity contribution >= 4 is 11.9 Å². The van der Waals surface area contributed by atoms with Crippen LogP contribution in [-0.4, -0.2) is 23.0 Å². The molecule has 26 heavy (non-hydrogen) atoms. The Morgan fingerprint density at radius 1 is 1.00 bits per heavy atom. The molecule has 1 aromatic rings. The van der Waals surface area contributed by atoms with Crippen LogP contribution in [0.25, 0.3) is 0 Å². The van der Waals surface area contributed by atoms with Gasteiger partial charge in [0.2, 0.25) is 0 Å². The van der Waals surface area contributed by atoms with Crippen molar-refractivity contribution < 1.29 is 14.3 Å². The molecule has 3 aliphatic rings. The van der Waals surface area contributed by atoms with Crippen molar-refractivity contribution in [2.24, 2.45) is 0 Å². The first kappa shape index (κ1) is 18.9. The SMILES string of the molecule is CC(=O)Cc1ccc(C23CCC(NC(=O)OC(C)(C)C)(CC2)CC3)cc1. The Labute approximate surface area is 156 Å². The predicted octanol–water partition coefficient (Wildman–Crippen LogP) is 4.69. The summed E-state index contributed by atoms with van der Waals surface area (Å²) in [6.07, 6.45) is 6.50. The van der Waals surface area contributed by atoms with E-state index in [1.165, 1.54) is 5.56 Å². The number of amides is 1. The van der Waals surface area contributed by atoms with E-state index in [0.29, 0.717) is 6.42 Å². The second-order valence-corrected chi connectivity index (χ2v) is 9.26. The van der Waals surface area contributed by atoms with E-state index < -0.39 is 5.60 Å². The van der Waals surface area contributed by atoms with Crippen LogP contribution in [0, 0.1) is 0 Å². The maximum absolute atomic E-state index is 12.2. The number of carbonyl (C=O) groups excluding carboxylic acids is 2. The molecule has 0 radical (unpaired) electrons. The van der Waals surface area contributed by atoms with E-state index in [0.717, 1.165) is 44.1 Å². The molecule has 1 N–H and O–H groups in total. The number of Topliss-reactive ketones (excluding diaryl/α,β-unsaturated/α-hetero) is 1. The van der Waals surface area contributed by atoms with Crippen LogP contribution < -0.4 is 5.32 Å². The fraction of sp³-hybridized carbons (Fsp3) is 0.636. The summed E-state index contributed by atoms with van der Waals surface area (Å²) >= 11 is 0. The molecule has 0 unspecified atom stereocenters. The van der Waals surface area contributed by atoms with Crippen LogP contribution in [0.5, 0.6) is 0 Å². The van der Waals surface area contributed by atoms with E-state index >= 15 is 0 Å². The van der Waals surface area contributed by atoms with E-state index in [-0.39, 0.29) is 22.8 Å². The zero-order valence-electron chi connectivity index (χ0n) is 16.5. The Balaban J connectivity index is 1.65. The lowest BCUT2D eigenvalue weighted by atomic mass is 9.55. The topological polar surface area (TPSA) is 55.4 Å². The van der Waals surface area contributed by atoms with Crippen LogP contribution in [-0.2, 0) is 21.4 Å². The highest BCUT2D eigenvalue weighted by molar-refractivity contribution is 5.78. The van der Waals surface area contributed by atoms with Crippen molar-refractivity contribution in [1.82, 2.24) is 5.32 Å². The number of fused-ring (bicyclic) bond motifs is 3. The average Bonchev–Trinajstić information content (AvgIpc) is 2.54. The molecule has 3 fully saturated rings. The maximum atomic E-state index is 12.2. The van der Waals surface area contributed by atoms with Crippen LogP contribution in [0.3, 0.4) is 0 Å². The normalized spacial score (nSPS) is 27.8. The van der Waals surface area contributed by atoms with Crippen LogP contribution in [0.15, 0.2) is 24.3 Å². The molecule has 3 saturated carbocycles. The number of carbonyl (C=O) groups is 2. The van der Waals surface area contributed by atoms with Gasteiger partial charge in [-0.1, -0.05) is 24.3 Å². The molecule has 0 spiro atoms. The van der Waals surface area contributed by atoms with E-state index in [4.69, 9.17) is 4.74 Å². The number of hydrogen-bond donors (Lipinski definition) is 1. The Morgan fingerprint density at radius 3 is 2.00 bits per heavy atom. The molecule has 142 valence electrons. The molecule has 2 bridgehead atoms. The van der Waals surface area contributed by atoms with Gasteiger partial charge in [-0.3, -0.25) is 4.79 Å². The lowest BCUT2D eigenvalue weighted by molar-refractivity contribution is -0.116. The van der Waals surface area contributed by atoms with Gasteiger partial charge < -0.3 is 10.1 Å². The quantitative estimate of drug-likeness (QED) is 0.851. The molecular formula is C22H31NO3. The van der Waals surface area contributed by atoms with Gasteiger partial charge in [-0.05, 0) is 82.8 Å². The monoisotopic (exact) mass is 357 g/mol. The summed E-state index contributed by atoms with van der Waals surface area (Å²) in [6.45, 7) is 7.32. The minimum absolute atomic E-state index is 0.0986. The molecule has 0 heterocycles. The smallest absolute Gasteiger partial charge is 0.408 e. The molecule has 1 aromatic carbocycles. The summed E-state index contributed by atoms with van der Waals surface area (Å²) in [5.74, 6) is 0.198. The van der Waals surface area contributed by atoms with Crippen molar-refractivity contribution in [3.05, 3.63) is 35.4 Å². The highest BCUT2D eigenvalue weighted by Crippen LogP contribution is 2.53. The second-order valence-electron chi connectivity index (χ2n) is 9.26. The van der Waals surface area contributed by atoms with Gasteiger partial charge in [0.05, 0.1) is 0 Å². The first-order valence-electron chi connectivity index (χ1n) is 9.72. The Bertz CT molecular complexity index is 660. The highest BCUT2D eigenvalue weighted by atomic mass is 16.6. The minimum Gasteiger partial charge on any atom is -0.444 e. The van der Waals surface area contributed by atoms with Crippen molar-refractivity contribution in [3.63, 3.8) is 0 Å². The summed E-state index contributed by atoms with van der Waals surface area (Å²) in [7, 11) is 0. The van der Waals surface area contributed by atoms with E-state index in [9.17, 15) is 9.59 Å². The second kappa shape index (κ2) is 6.71. The third kappa shape index (κ3) is 4.11. The van der Waals surface area contributed by atoms with Gasteiger partial charge in [0.25, 0.3) is 0 Å². The number of rotatable bonds is 4. The third-order valence-corrected chi connectivity index (χ3v) is 6.03. The molecule has 3 aliphatic carbocycles. The molecule has 0 aromatic heterocycles. The number of alkyl carbamates (subject to hydrolysis) is 1. The van der Waals surface area contributed by atoms with Gasteiger partial charge in [-0.15, -0.1) is 0 Å². The van der Waals surface area contributed by atoms with E-state index in [1.807, 2.05) is 20.8 Å². The van der Waals surface area contributed by atoms with Crippen LogP contribution in [0.4, 0.5) is 4.79 Å². The van der Waals surface area contributed by atoms with Gasteiger partial charge in [-0.25, -0.2) is 4.79 Å². The number of nitrogens with one attached hydrogen (secondary N) is 1. The summed E-state index contributed by atoms with van der Waals surface area (Å²) in [5, 5.41) is 3.18. The van der Waals surface area contributed by atoms with Gasteiger partial charge >= 0.3 is 6.09 Å². The Kier molecular flexibility index (Phi) is 4.89. The minimum atomic E-state index is -0.463. The van der Waals surface area contributed by atoms with Crippen molar-refractivity contribution in [3.8, 4) is 0 Å². The van der Waals surface area contributed by atoms with Crippen LogP contribution in [0.2, 0.25) is 0 Å². The molecule has 0 aliphatic heterocycles. The average molecular weight is 357 g/mol. The van der Waals surface area contributed by atoms with Crippen molar-refractivity contribution in [2.45, 2.75) is 89.2 Å². The Morgan fingerprint density at radius 2 is 1.54 bits per heavy atom. The molecule has 4 heteroatoms. The van der Waals surface area contributed by atoms with Crippen LogP contribution in [0.1, 0.15) is 77.3 Å². The highest BCUT2D eigenvalue weighted by Gasteiger charge is 2.50. The first-order chi connectivity index (χ1) is 12.1. The van der Waals surface area contributed by atoms with E-state index in [2.05, 4.69) is 29.6 Å². The molecule has 4 nitrogen and oxygen atoms in total. The zero-order chi connectivity index (χ0) is 19.0. The fourth-order valence-electron chi connectivity index (χ4n) is 4.59. The molecule has 0 saturated heterocycles. The van der Waals surface area contributed by atoms with E-state index in [1.54, 1.807) is 6.92 Å². The molecule has 4 rings (SSSR count). The van der Waals surface area contributed by atoms with Gasteiger partial charge in [0.1, 0.15) is 11.4 Å². The summed E-state index contributed by atoms with van der Waals surface area (Å²) < 4.78 is 5.46. The number of hydrogen-bond acceptors (Lipinski definition) is 3. The maximum Gasteiger partial charge on any atom is 0.408 e. The van der Waals surface area contributed by atoms with Crippen molar-refractivity contribution in [2.75, 3.05) is 0 Å². The predicted molar refractivity (Wildman–Crippen MR) is 102 cm³/mol. The van der Waals surface area contributed by atoms with Gasteiger partial charge in [0, 0.05) is 12.0 Å². The standard InChI is InChI=1S/C22H31NO3/c1-16(24)15-17-5-7-18(8-6-17)21-9-12-22(13-10-21,14-11-21)23-19(25)26-20(2,3)4/h5-8H,9-15H2,1-4H3,(H,23,25). The lowest BCUT2D eigenvalue weighted by Crippen LogP contribution is -2.58. The van der Waals surface area contributed by atoms with Gasteiger partial charge in [-0.2, -0.15) is 0 Å². The molecular weight excluding hydrogens is 326 g/mol. The first-order valence-corrected chi connectivity index (χ1v) is 9.72. The van der Waals surface area contributed by atoms with Gasteiger partial charge in [0.15, 0.2) is 0 Å². The molecule has 1 amide bonds. The summed E-state index contributed by atoms with van der Waals surface area (Å²) in [5.41, 5.74) is 2.14. The number of ether oxygens (including phenoxy) is 1. The fourth-order valence-corrected chi connectivity index (χ4v) is 4.59. The number of benzene rings is 1. The molecule has 0 atom stereocenters. The Hall–Kier alpha value is -1.84. The summed E-state index contributed by atoms with van der Waals surface area (Å²) in [6, 6.07) is 8.61. The lowest BCUT2D eigenvalue weighted by Gasteiger charge is -2.54. The van der Waals surface area contributed by atoms with Crippen molar-refractivity contribution in [1.29, 1.82) is 0 Å². The summed E-state index contributed by atoms with van der Waals surface area (Å²) in [4.78, 5) is 23.5.